The summed E-state index contributed by atoms with van der Waals surface area (Å²) in [5, 5.41) is 3.76. The fourth-order valence-corrected chi connectivity index (χ4v) is 3.67. The second kappa shape index (κ2) is 9.58. The molecule has 0 radical (unpaired) electrons. The van der Waals surface area contributed by atoms with E-state index in [0.29, 0.717) is 43.6 Å². The molecule has 0 aromatic heterocycles. The van der Waals surface area contributed by atoms with Crippen LogP contribution in [0.2, 0.25) is 5.02 Å². The zero-order valence-electron chi connectivity index (χ0n) is 15.0. The normalized spacial score (nSPS) is 15.9. The number of halogens is 2. The number of benzene rings is 2. The van der Waals surface area contributed by atoms with Crippen molar-refractivity contribution in [3.05, 3.63) is 63.6 Å². The second-order valence-electron chi connectivity index (χ2n) is 6.73. The number of carbonyl (C=O) groups is 1. The van der Waals surface area contributed by atoms with Gasteiger partial charge in [-0.3, -0.25) is 4.79 Å². The van der Waals surface area contributed by atoms with E-state index in [1.165, 1.54) is 5.56 Å². The molecule has 0 atom stereocenters. The molecule has 2 aromatic carbocycles. The van der Waals surface area contributed by atoms with Crippen molar-refractivity contribution in [2.24, 2.45) is 0 Å². The third-order valence-corrected chi connectivity index (χ3v) is 5.72. The van der Waals surface area contributed by atoms with Gasteiger partial charge in [-0.25, -0.2) is 0 Å². The Morgan fingerprint density at radius 3 is 2.44 bits per heavy atom. The van der Waals surface area contributed by atoms with E-state index in [9.17, 15) is 4.79 Å². The molecule has 1 aliphatic heterocycles. The molecular weight excluding hydrogens is 430 g/mol. The van der Waals surface area contributed by atoms with Crippen molar-refractivity contribution >= 4 is 33.4 Å². The van der Waals surface area contributed by atoms with Crippen molar-refractivity contribution in [2.45, 2.75) is 24.7 Å². The van der Waals surface area contributed by atoms with Crippen LogP contribution in [-0.4, -0.2) is 32.3 Å². The number of ether oxygens (including phenoxy) is 2. The summed E-state index contributed by atoms with van der Waals surface area (Å²) in [4.78, 5) is 12.3. The lowest BCUT2D eigenvalue weighted by molar-refractivity contribution is -0.122. The Kier molecular flexibility index (Phi) is 7.16. The van der Waals surface area contributed by atoms with Crippen LogP contribution < -0.4 is 10.1 Å². The topological polar surface area (TPSA) is 47.6 Å². The molecule has 0 spiro atoms. The molecule has 0 bridgehead atoms. The Labute approximate surface area is 173 Å². The van der Waals surface area contributed by atoms with Gasteiger partial charge in [-0.2, -0.15) is 0 Å². The summed E-state index contributed by atoms with van der Waals surface area (Å²) < 4.78 is 12.2. The maximum absolute atomic E-state index is 12.3. The first kappa shape index (κ1) is 20.2. The monoisotopic (exact) mass is 451 g/mol. The number of rotatable bonds is 7. The Hall–Kier alpha value is -1.56. The van der Waals surface area contributed by atoms with E-state index in [4.69, 9.17) is 21.1 Å². The van der Waals surface area contributed by atoms with Gasteiger partial charge in [-0.1, -0.05) is 39.7 Å². The number of carbonyl (C=O) groups excluding carboxylic acids is 1. The summed E-state index contributed by atoms with van der Waals surface area (Å²) in [7, 11) is 0. The van der Waals surface area contributed by atoms with Crippen LogP contribution in [0.15, 0.2) is 53.0 Å². The number of amides is 1. The number of nitrogens with one attached hydrogen (secondary N) is 1. The predicted molar refractivity (Wildman–Crippen MR) is 110 cm³/mol. The van der Waals surface area contributed by atoms with Gasteiger partial charge in [0.05, 0.1) is 13.0 Å². The zero-order valence-corrected chi connectivity index (χ0v) is 17.4. The lowest BCUT2D eigenvalue weighted by Crippen LogP contribution is -2.44. The van der Waals surface area contributed by atoms with Crippen LogP contribution in [0.5, 0.6) is 5.75 Å². The van der Waals surface area contributed by atoms with Gasteiger partial charge < -0.3 is 14.8 Å². The molecule has 1 heterocycles. The van der Waals surface area contributed by atoms with E-state index in [2.05, 4.69) is 33.4 Å². The predicted octanol–water partition coefficient (Wildman–Crippen LogP) is 4.74. The minimum atomic E-state index is -0.0777. The summed E-state index contributed by atoms with van der Waals surface area (Å²) in [5.74, 6) is 0.704. The second-order valence-corrected chi connectivity index (χ2v) is 8.08. The minimum Gasteiger partial charge on any atom is -0.493 e. The SMILES string of the molecule is O=C(CCOc1ccc(Cl)cc1)NCC1(c2ccc(Br)cc2)CCOCC1. The average molecular weight is 453 g/mol. The molecule has 144 valence electrons. The van der Waals surface area contributed by atoms with Gasteiger partial charge in [-0.05, 0) is 54.8 Å². The van der Waals surface area contributed by atoms with Gasteiger partial charge >= 0.3 is 0 Å². The highest BCUT2D eigenvalue weighted by Gasteiger charge is 2.34. The van der Waals surface area contributed by atoms with E-state index in [1.807, 2.05) is 12.1 Å². The van der Waals surface area contributed by atoms with Crippen LogP contribution >= 0.6 is 27.5 Å². The molecular formula is C21H23BrClNO3. The summed E-state index contributed by atoms with van der Waals surface area (Å²) in [6.45, 7) is 2.37. The zero-order chi connectivity index (χ0) is 19.1. The first-order valence-corrected chi connectivity index (χ1v) is 10.2. The van der Waals surface area contributed by atoms with Crippen molar-refractivity contribution in [2.75, 3.05) is 26.4 Å². The molecule has 0 saturated carbocycles. The smallest absolute Gasteiger partial charge is 0.223 e. The quantitative estimate of drug-likeness (QED) is 0.660. The van der Waals surface area contributed by atoms with Crippen LogP contribution in [0.3, 0.4) is 0 Å². The minimum absolute atomic E-state index is 0.00746. The molecule has 1 fully saturated rings. The first-order valence-electron chi connectivity index (χ1n) is 9.06. The van der Waals surface area contributed by atoms with Crippen molar-refractivity contribution in [1.82, 2.24) is 5.32 Å². The van der Waals surface area contributed by atoms with E-state index >= 15 is 0 Å². The van der Waals surface area contributed by atoms with Gasteiger partial charge in [0, 0.05) is 34.7 Å². The molecule has 0 aliphatic carbocycles. The third-order valence-electron chi connectivity index (χ3n) is 4.94. The number of hydrogen-bond acceptors (Lipinski definition) is 3. The average Bonchev–Trinajstić information content (AvgIpc) is 2.69. The molecule has 1 saturated heterocycles. The van der Waals surface area contributed by atoms with Crippen LogP contribution in [0.1, 0.15) is 24.8 Å². The van der Waals surface area contributed by atoms with E-state index < -0.39 is 0 Å². The molecule has 3 rings (SSSR count). The molecule has 0 unspecified atom stereocenters. The Bertz CT molecular complexity index is 743. The van der Waals surface area contributed by atoms with Gasteiger partial charge in [0.15, 0.2) is 0 Å². The fraction of sp³-hybridized carbons (Fsp3) is 0.381. The number of hydrogen-bond donors (Lipinski definition) is 1. The van der Waals surface area contributed by atoms with Crippen LogP contribution in [0.4, 0.5) is 0 Å². The Balaban J connectivity index is 1.53. The van der Waals surface area contributed by atoms with E-state index in [-0.39, 0.29) is 11.3 Å². The third kappa shape index (κ3) is 5.71. The fourth-order valence-electron chi connectivity index (χ4n) is 3.28. The maximum Gasteiger partial charge on any atom is 0.223 e. The highest BCUT2D eigenvalue weighted by Crippen LogP contribution is 2.35. The highest BCUT2D eigenvalue weighted by molar-refractivity contribution is 9.10. The Morgan fingerprint density at radius 2 is 1.78 bits per heavy atom. The maximum atomic E-state index is 12.3. The molecule has 1 amide bonds. The highest BCUT2D eigenvalue weighted by atomic mass is 79.9. The molecule has 6 heteroatoms. The molecule has 4 nitrogen and oxygen atoms in total. The molecule has 1 N–H and O–H groups in total. The van der Waals surface area contributed by atoms with Gasteiger partial charge in [0.25, 0.3) is 0 Å². The molecule has 27 heavy (non-hydrogen) atoms. The van der Waals surface area contributed by atoms with Gasteiger partial charge in [0.1, 0.15) is 5.75 Å². The van der Waals surface area contributed by atoms with Gasteiger partial charge in [-0.15, -0.1) is 0 Å². The standard InChI is InChI=1S/C21H23BrClNO3/c22-17-3-1-16(2-4-17)21(10-13-26-14-11-21)15-24-20(25)9-12-27-19-7-5-18(23)6-8-19/h1-8H,9-15H2,(H,24,25). The lowest BCUT2D eigenvalue weighted by Gasteiger charge is -2.38. The van der Waals surface area contributed by atoms with Crippen LogP contribution in [-0.2, 0) is 14.9 Å². The Morgan fingerprint density at radius 1 is 1.11 bits per heavy atom. The van der Waals surface area contributed by atoms with Crippen molar-refractivity contribution in [1.29, 1.82) is 0 Å². The molecule has 1 aliphatic rings. The first-order chi connectivity index (χ1) is 13.1. The van der Waals surface area contributed by atoms with Gasteiger partial charge in [0.2, 0.25) is 5.91 Å². The molecule has 2 aromatic rings. The summed E-state index contributed by atoms with van der Waals surface area (Å²) >= 11 is 9.34. The van der Waals surface area contributed by atoms with Crippen LogP contribution in [0.25, 0.3) is 0 Å². The summed E-state index contributed by atoms with van der Waals surface area (Å²) in [6, 6.07) is 15.5. The van der Waals surface area contributed by atoms with E-state index in [1.54, 1.807) is 24.3 Å². The largest absolute Gasteiger partial charge is 0.493 e. The van der Waals surface area contributed by atoms with Crippen molar-refractivity contribution in [3.63, 3.8) is 0 Å². The van der Waals surface area contributed by atoms with E-state index in [0.717, 1.165) is 17.3 Å². The van der Waals surface area contributed by atoms with Crippen LogP contribution in [0, 0.1) is 0 Å². The lowest BCUT2D eigenvalue weighted by atomic mass is 9.74. The van der Waals surface area contributed by atoms with Crippen molar-refractivity contribution in [3.8, 4) is 5.75 Å². The van der Waals surface area contributed by atoms with Crippen molar-refractivity contribution < 1.29 is 14.3 Å². The summed E-state index contributed by atoms with van der Waals surface area (Å²) in [6.07, 6.45) is 2.11. The summed E-state index contributed by atoms with van der Waals surface area (Å²) in [5.41, 5.74) is 1.16.